The third-order valence-corrected chi connectivity index (χ3v) is 5.48. The van der Waals surface area contributed by atoms with Gasteiger partial charge in [-0.15, -0.1) is 11.3 Å². The summed E-state index contributed by atoms with van der Waals surface area (Å²) in [5.41, 5.74) is 7.34. The number of non-ortho nitro benzene ring substituents is 1. The van der Waals surface area contributed by atoms with E-state index in [2.05, 4.69) is 15.0 Å². The van der Waals surface area contributed by atoms with E-state index in [4.69, 9.17) is 17.3 Å². The van der Waals surface area contributed by atoms with E-state index in [9.17, 15) is 15.4 Å². The Balaban J connectivity index is 2.00. The number of halogens is 1. The number of nitro groups is 1. The van der Waals surface area contributed by atoms with Gasteiger partial charge >= 0.3 is 0 Å². The topological polar surface area (TPSA) is 132 Å². The van der Waals surface area contributed by atoms with Crippen LogP contribution in [0, 0.1) is 28.4 Å². The van der Waals surface area contributed by atoms with Crippen molar-refractivity contribution in [1.29, 1.82) is 5.26 Å². The van der Waals surface area contributed by atoms with Gasteiger partial charge in [0, 0.05) is 28.8 Å². The van der Waals surface area contributed by atoms with Crippen LogP contribution < -0.4 is 5.73 Å². The van der Waals surface area contributed by atoms with Crippen molar-refractivity contribution in [3.8, 4) is 17.3 Å². The van der Waals surface area contributed by atoms with Crippen LogP contribution in [-0.2, 0) is 5.75 Å². The second-order valence-corrected chi connectivity index (χ2v) is 7.71. The molecule has 0 aliphatic heterocycles. The first-order valence-electron chi connectivity index (χ1n) is 7.44. The maximum absolute atomic E-state index is 10.9. The maximum Gasteiger partial charge on any atom is 0.270 e. The van der Waals surface area contributed by atoms with E-state index in [0.29, 0.717) is 16.5 Å². The Bertz CT molecular complexity index is 1080. The summed E-state index contributed by atoms with van der Waals surface area (Å²) in [4.78, 5) is 23.3. The third-order valence-electron chi connectivity index (χ3n) is 3.46. The lowest BCUT2D eigenvalue weighted by atomic mass is 10.1. The Kier molecular flexibility index (Phi) is 5.55. The summed E-state index contributed by atoms with van der Waals surface area (Å²) in [5.74, 6) is 0.567. The molecule has 0 aliphatic carbocycles. The zero-order chi connectivity index (χ0) is 19.6. The van der Waals surface area contributed by atoms with E-state index < -0.39 is 4.92 Å². The number of nitrogen functional groups attached to an aromatic ring is 1. The zero-order valence-corrected chi connectivity index (χ0v) is 16.2. The number of nitrogens with two attached hydrogens (primary N) is 1. The Hall–Kier alpha value is -2.74. The summed E-state index contributed by atoms with van der Waals surface area (Å²) < 4.78 is 0. The minimum Gasteiger partial charge on any atom is -0.382 e. The molecule has 0 radical (unpaired) electrons. The summed E-state index contributed by atoms with van der Waals surface area (Å²) in [6.45, 7) is 1.92. The Morgan fingerprint density at radius 3 is 2.78 bits per heavy atom. The van der Waals surface area contributed by atoms with Crippen LogP contribution >= 0.6 is 34.7 Å². The maximum atomic E-state index is 10.9. The first-order chi connectivity index (χ1) is 12.9. The molecule has 1 aromatic carbocycles. The van der Waals surface area contributed by atoms with Crippen molar-refractivity contribution in [3.05, 3.63) is 55.0 Å². The van der Waals surface area contributed by atoms with E-state index in [0.717, 1.165) is 10.7 Å². The molecule has 27 heavy (non-hydrogen) atoms. The lowest BCUT2D eigenvalue weighted by Gasteiger charge is -2.09. The number of thiazole rings is 1. The van der Waals surface area contributed by atoms with Gasteiger partial charge in [-0.1, -0.05) is 23.4 Å². The number of benzene rings is 1. The van der Waals surface area contributed by atoms with Crippen LogP contribution in [0.25, 0.3) is 11.3 Å². The van der Waals surface area contributed by atoms with Crippen LogP contribution in [0.5, 0.6) is 0 Å². The molecule has 0 aliphatic rings. The van der Waals surface area contributed by atoms with E-state index in [1.807, 2.05) is 18.4 Å². The molecule has 11 heteroatoms. The van der Waals surface area contributed by atoms with Crippen LogP contribution in [0.2, 0.25) is 5.02 Å². The summed E-state index contributed by atoms with van der Waals surface area (Å²) >= 11 is 9.06. The molecule has 0 saturated heterocycles. The number of thioether (sulfide) groups is 1. The summed E-state index contributed by atoms with van der Waals surface area (Å²) in [6.07, 6.45) is 0. The normalized spacial score (nSPS) is 10.6. The predicted octanol–water partition coefficient (Wildman–Crippen LogP) is 4.22. The van der Waals surface area contributed by atoms with Gasteiger partial charge in [0.05, 0.1) is 26.3 Å². The van der Waals surface area contributed by atoms with Gasteiger partial charge in [0.2, 0.25) is 0 Å². The predicted molar refractivity (Wildman–Crippen MR) is 105 cm³/mol. The third kappa shape index (κ3) is 4.16. The van der Waals surface area contributed by atoms with Gasteiger partial charge in [-0.3, -0.25) is 10.1 Å². The average Bonchev–Trinajstić information content (AvgIpc) is 3.04. The van der Waals surface area contributed by atoms with Gasteiger partial charge in [0.25, 0.3) is 5.69 Å². The van der Waals surface area contributed by atoms with Crippen LogP contribution in [0.15, 0.2) is 28.7 Å². The Morgan fingerprint density at radius 2 is 2.19 bits per heavy atom. The van der Waals surface area contributed by atoms with Gasteiger partial charge in [0.15, 0.2) is 5.16 Å². The summed E-state index contributed by atoms with van der Waals surface area (Å²) in [6, 6.07) is 5.92. The highest BCUT2D eigenvalue weighted by Gasteiger charge is 2.19. The first kappa shape index (κ1) is 19.0. The quantitative estimate of drug-likeness (QED) is 0.282. The Morgan fingerprint density at radius 1 is 1.41 bits per heavy atom. The van der Waals surface area contributed by atoms with Gasteiger partial charge in [-0.05, 0) is 13.0 Å². The molecule has 3 aromatic rings. The highest BCUT2D eigenvalue weighted by atomic mass is 35.5. The number of nitro benzene ring substituents is 1. The van der Waals surface area contributed by atoms with Gasteiger partial charge in [0.1, 0.15) is 17.5 Å². The lowest BCUT2D eigenvalue weighted by Crippen LogP contribution is -2.03. The van der Waals surface area contributed by atoms with E-state index in [-0.39, 0.29) is 27.8 Å². The SMILES string of the molecule is Cc1nc(CSc2nc(N)c(C#N)c(-c3ccc([N+](=O)[O-])cc3Cl)n2)cs1. The average molecular weight is 419 g/mol. The summed E-state index contributed by atoms with van der Waals surface area (Å²) in [5, 5.41) is 23.7. The molecule has 0 unspecified atom stereocenters. The minimum absolute atomic E-state index is 0.0221. The van der Waals surface area contributed by atoms with E-state index in [1.54, 1.807) is 11.3 Å². The molecule has 136 valence electrons. The molecular weight excluding hydrogens is 408 g/mol. The lowest BCUT2D eigenvalue weighted by molar-refractivity contribution is -0.384. The highest BCUT2D eigenvalue weighted by molar-refractivity contribution is 7.98. The van der Waals surface area contributed by atoms with Crippen molar-refractivity contribution >= 4 is 46.2 Å². The molecule has 0 bridgehead atoms. The fourth-order valence-electron chi connectivity index (χ4n) is 2.25. The van der Waals surface area contributed by atoms with Crippen LogP contribution in [0.3, 0.4) is 0 Å². The number of rotatable bonds is 5. The van der Waals surface area contributed by atoms with E-state index in [1.165, 1.54) is 30.0 Å². The van der Waals surface area contributed by atoms with Gasteiger partial charge in [-0.2, -0.15) is 5.26 Å². The molecule has 2 aromatic heterocycles. The first-order valence-corrected chi connectivity index (χ1v) is 9.69. The standard InChI is InChI=1S/C16H11ClN6O2S2/c1-8-20-9(6-26-8)7-27-16-21-14(12(5-18)15(19)22-16)11-3-2-10(23(24)25)4-13(11)17/h2-4,6H,7H2,1H3,(H2,19,21,22). The monoisotopic (exact) mass is 418 g/mol. The molecule has 2 N–H and O–H groups in total. The second kappa shape index (κ2) is 7.87. The number of nitriles is 1. The highest BCUT2D eigenvalue weighted by Crippen LogP contribution is 2.34. The van der Waals surface area contributed by atoms with Crippen molar-refractivity contribution < 1.29 is 4.92 Å². The molecule has 3 rings (SSSR count). The Labute approximate surface area is 167 Å². The molecule has 0 amide bonds. The zero-order valence-electron chi connectivity index (χ0n) is 13.8. The number of anilines is 1. The fourth-order valence-corrected chi connectivity index (χ4v) is 3.98. The summed E-state index contributed by atoms with van der Waals surface area (Å²) in [7, 11) is 0. The minimum atomic E-state index is -0.549. The molecule has 0 atom stereocenters. The smallest absolute Gasteiger partial charge is 0.270 e. The molecule has 0 saturated carbocycles. The number of hydrogen-bond donors (Lipinski definition) is 1. The van der Waals surface area contributed by atoms with Crippen molar-refractivity contribution in [3.63, 3.8) is 0 Å². The van der Waals surface area contributed by atoms with Crippen molar-refractivity contribution in [2.45, 2.75) is 17.8 Å². The molecule has 2 heterocycles. The van der Waals surface area contributed by atoms with E-state index >= 15 is 0 Å². The van der Waals surface area contributed by atoms with Crippen molar-refractivity contribution in [2.75, 3.05) is 5.73 Å². The van der Waals surface area contributed by atoms with Crippen LogP contribution in [-0.4, -0.2) is 19.9 Å². The fraction of sp³-hybridized carbons (Fsp3) is 0.125. The van der Waals surface area contributed by atoms with Crippen LogP contribution in [0.1, 0.15) is 16.3 Å². The van der Waals surface area contributed by atoms with Crippen LogP contribution in [0.4, 0.5) is 11.5 Å². The van der Waals surface area contributed by atoms with Crippen molar-refractivity contribution in [2.24, 2.45) is 0 Å². The second-order valence-electron chi connectivity index (χ2n) is 5.29. The molecular formula is C16H11ClN6O2S2. The number of aromatic nitrogens is 3. The molecule has 0 fully saturated rings. The van der Waals surface area contributed by atoms with Gasteiger partial charge in [-0.25, -0.2) is 15.0 Å². The van der Waals surface area contributed by atoms with Crippen molar-refractivity contribution in [1.82, 2.24) is 15.0 Å². The molecule has 0 spiro atoms. The molecule has 8 nitrogen and oxygen atoms in total. The number of hydrogen-bond acceptors (Lipinski definition) is 9. The number of aryl methyl sites for hydroxylation is 1. The number of nitrogens with zero attached hydrogens (tertiary/aromatic N) is 5. The van der Waals surface area contributed by atoms with Gasteiger partial charge < -0.3 is 5.73 Å². The largest absolute Gasteiger partial charge is 0.382 e.